The minimum absolute atomic E-state index is 0.553. The van der Waals surface area contributed by atoms with Crippen LogP contribution in [0.5, 0.6) is 0 Å². The fourth-order valence-corrected chi connectivity index (χ4v) is 3.24. The maximum absolute atomic E-state index is 4.64. The van der Waals surface area contributed by atoms with Gasteiger partial charge in [-0.3, -0.25) is 5.43 Å². The van der Waals surface area contributed by atoms with Gasteiger partial charge >= 0.3 is 0 Å². The molecule has 1 aromatic heterocycles. The van der Waals surface area contributed by atoms with E-state index in [-0.39, 0.29) is 0 Å². The molecule has 21 heavy (non-hydrogen) atoms. The molecule has 0 unspecified atom stereocenters. The van der Waals surface area contributed by atoms with Gasteiger partial charge in [0.25, 0.3) is 0 Å². The van der Waals surface area contributed by atoms with Crippen molar-refractivity contribution in [1.29, 1.82) is 0 Å². The van der Waals surface area contributed by atoms with Gasteiger partial charge < -0.3 is 0 Å². The van der Waals surface area contributed by atoms with E-state index in [1.54, 1.807) is 11.3 Å². The molecule has 0 saturated carbocycles. The van der Waals surface area contributed by atoms with Crippen LogP contribution < -0.4 is 5.43 Å². The monoisotopic (exact) mass is 297 g/mol. The summed E-state index contributed by atoms with van der Waals surface area (Å²) in [5, 5.41) is 5.21. The van der Waals surface area contributed by atoms with Crippen LogP contribution in [0.15, 0.2) is 47.6 Å². The van der Waals surface area contributed by atoms with Crippen LogP contribution in [0.1, 0.15) is 24.1 Å². The van der Waals surface area contributed by atoms with Crippen LogP contribution in [-0.2, 0) is 0 Å². The molecule has 1 aliphatic rings. The largest absolute Gasteiger partial charge is 0.253 e. The molecule has 3 nitrogen and oxygen atoms in total. The number of anilines is 1. The minimum Gasteiger partial charge on any atom is -0.253 e. The first-order valence-electron chi connectivity index (χ1n) is 7.30. The molecule has 0 amide bonds. The van der Waals surface area contributed by atoms with Crippen LogP contribution in [0.4, 0.5) is 5.13 Å². The topological polar surface area (TPSA) is 37.3 Å². The van der Waals surface area contributed by atoms with E-state index in [0.29, 0.717) is 5.92 Å². The third-order valence-electron chi connectivity index (χ3n) is 3.60. The van der Waals surface area contributed by atoms with Gasteiger partial charge in [0.05, 0.1) is 5.69 Å². The molecule has 0 bridgehead atoms. The molecule has 4 heteroatoms. The highest BCUT2D eigenvalue weighted by atomic mass is 32.1. The zero-order chi connectivity index (χ0) is 14.5. The second-order valence-electron chi connectivity index (χ2n) is 5.22. The Hall–Kier alpha value is -1.94. The summed E-state index contributed by atoms with van der Waals surface area (Å²) in [6, 6.07) is 10.3. The number of aryl methyl sites for hydroxylation is 1. The van der Waals surface area contributed by atoms with E-state index < -0.39 is 0 Å². The van der Waals surface area contributed by atoms with E-state index >= 15 is 0 Å². The second kappa shape index (κ2) is 6.68. The number of benzene rings is 1. The van der Waals surface area contributed by atoms with Crippen LogP contribution in [0.3, 0.4) is 0 Å². The molecule has 1 aromatic carbocycles. The number of nitrogens with zero attached hydrogens (tertiary/aromatic N) is 2. The van der Waals surface area contributed by atoms with Gasteiger partial charge in [0.2, 0.25) is 5.13 Å². The van der Waals surface area contributed by atoms with Gasteiger partial charge in [0.1, 0.15) is 0 Å². The lowest BCUT2D eigenvalue weighted by Gasteiger charge is -2.11. The third-order valence-corrected chi connectivity index (χ3v) is 4.47. The zero-order valence-electron chi connectivity index (χ0n) is 12.1. The normalized spacial score (nSPS) is 18.2. The summed E-state index contributed by atoms with van der Waals surface area (Å²) in [6.07, 6.45) is 9.94. The molecule has 108 valence electrons. The van der Waals surface area contributed by atoms with Crippen molar-refractivity contribution < 1.29 is 0 Å². The number of aromatic nitrogens is 1. The molecule has 0 aliphatic heterocycles. The van der Waals surface area contributed by atoms with Crippen LogP contribution >= 0.6 is 11.3 Å². The average Bonchev–Trinajstić information content (AvgIpc) is 2.90. The van der Waals surface area contributed by atoms with Gasteiger partial charge in [-0.1, -0.05) is 42.5 Å². The smallest absolute Gasteiger partial charge is 0.204 e. The molecule has 3 rings (SSSR count). The quantitative estimate of drug-likeness (QED) is 0.496. The minimum atomic E-state index is 0.553. The number of hydrogen-bond acceptors (Lipinski definition) is 4. The number of hydrazone groups is 1. The van der Waals surface area contributed by atoms with Crippen molar-refractivity contribution in [2.75, 3.05) is 5.43 Å². The van der Waals surface area contributed by atoms with Gasteiger partial charge in [0, 0.05) is 16.7 Å². The fraction of sp³-hybridized carbons (Fsp3) is 0.294. The Balaban J connectivity index is 1.67. The predicted octanol–water partition coefficient (Wildman–Crippen LogP) is 4.87. The Kier molecular flexibility index (Phi) is 4.46. The molecular formula is C17H19N3S. The van der Waals surface area contributed by atoms with Crippen LogP contribution in [0.2, 0.25) is 0 Å². The Morgan fingerprint density at radius 1 is 1.29 bits per heavy atom. The first kappa shape index (κ1) is 14.0. The molecule has 0 fully saturated rings. The van der Waals surface area contributed by atoms with Crippen molar-refractivity contribution in [3.8, 4) is 11.3 Å². The molecule has 0 spiro atoms. The highest BCUT2D eigenvalue weighted by Crippen LogP contribution is 2.30. The summed E-state index contributed by atoms with van der Waals surface area (Å²) in [4.78, 5) is 5.85. The molecular weight excluding hydrogens is 278 g/mol. The van der Waals surface area contributed by atoms with Crippen molar-refractivity contribution >= 4 is 22.7 Å². The Bertz CT molecular complexity index is 643. The zero-order valence-corrected chi connectivity index (χ0v) is 12.9. The van der Waals surface area contributed by atoms with E-state index in [9.17, 15) is 0 Å². The molecule has 0 saturated heterocycles. The number of rotatable bonds is 4. The second-order valence-corrected chi connectivity index (χ2v) is 6.43. The highest BCUT2D eigenvalue weighted by Gasteiger charge is 2.09. The van der Waals surface area contributed by atoms with Crippen molar-refractivity contribution in [2.24, 2.45) is 11.0 Å². The predicted molar refractivity (Wildman–Crippen MR) is 90.9 cm³/mol. The molecule has 1 aliphatic carbocycles. The summed E-state index contributed by atoms with van der Waals surface area (Å²) in [5.41, 5.74) is 5.27. The highest BCUT2D eigenvalue weighted by molar-refractivity contribution is 7.15. The summed E-state index contributed by atoms with van der Waals surface area (Å²) in [5.74, 6) is 0.553. The average molecular weight is 297 g/mol. The SMILES string of the molecule is Cc1sc(N/N=C/[C@@H]2CC=CCC2)nc1-c1ccccc1. The van der Waals surface area contributed by atoms with Gasteiger partial charge in [-0.2, -0.15) is 5.10 Å². The molecule has 1 atom stereocenters. The van der Waals surface area contributed by atoms with Crippen LogP contribution in [-0.4, -0.2) is 11.2 Å². The van der Waals surface area contributed by atoms with Crippen LogP contribution in [0.25, 0.3) is 11.3 Å². The van der Waals surface area contributed by atoms with E-state index in [1.165, 1.54) is 11.3 Å². The van der Waals surface area contributed by atoms with Crippen molar-refractivity contribution in [3.05, 3.63) is 47.4 Å². The Morgan fingerprint density at radius 2 is 2.14 bits per heavy atom. The van der Waals surface area contributed by atoms with E-state index in [4.69, 9.17) is 0 Å². The Labute approximate surface area is 129 Å². The van der Waals surface area contributed by atoms with Gasteiger partial charge in [-0.15, -0.1) is 11.3 Å². The van der Waals surface area contributed by atoms with Crippen molar-refractivity contribution in [2.45, 2.75) is 26.2 Å². The standard InChI is InChI=1S/C17H19N3S/c1-13-16(15-10-6-3-7-11-15)19-17(21-13)20-18-12-14-8-4-2-5-9-14/h2-4,6-7,10-12,14H,5,8-9H2,1H3,(H,19,20)/b18-12+/t14-/m1/s1. The third kappa shape index (κ3) is 3.58. The van der Waals surface area contributed by atoms with Crippen molar-refractivity contribution in [1.82, 2.24) is 4.98 Å². The molecule has 1 N–H and O–H groups in total. The number of allylic oxidation sites excluding steroid dienone is 2. The molecule has 1 heterocycles. The first-order valence-corrected chi connectivity index (χ1v) is 8.11. The van der Waals surface area contributed by atoms with E-state index in [1.807, 2.05) is 24.4 Å². The number of hydrogen-bond donors (Lipinski definition) is 1. The number of nitrogens with one attached hydrogen (secondary N) is 1. The van der Waals surface area contributed by atoms with Gasteiger partial charge in [-0.25, -0.2) is 4.98 Å². The summed E-state index contributed by atoms with van der Waals surface area (Å²) < 4.78 is 0. The van der Waals surface area contributed by atoms with E-state index in [0.717, 1.165) is 29.2 Å². The van der Waals surface area contributed by atoms with Crippen LogP contribution in [0, 0.1) is 12.8 Å². The molecule has 2 aromatic rings. The summed E-state index contributed by atoms with van der Waals surface area (Å²) >= 11 is 1.65. The lowest BCUT2D eigenvalue weighted by atomic mass is 9.96. The first-order chi connectivity index (χ1) is 10.3. The lowest BCUT2D eigenvalue weighted by Crippen LogP contribution is -2.04. The van der Waals surface area contributed by atoms with Crippen molar-refractivity contribution in [3.63, 3.8) is 0 Å². The fourth-order valence-electron chi connectivity index (χ4n) is 2.46. The summed E-state index contributed by atoms with van der Waals surface area (Å²) in [7, 11) is 0. The van der Waals surface area contributed by atoms with E-state index in [2.05, 4.69) is 46.7 Å². The van der Waals surface area contributed by atoms with Gasteiger partial charge in [-0.05, 0) is 32.1 Å². The van der Waals surface area contributed by atoms with Gasteiger partial charge in [0.15, 0.2) is 0 Å². The summed E-state index contributed by atoms with van der Waals surface area (Å²) in [6.45, 7) is 2.10. The Morgan fingerprint density at radius 3 is 2.90 bits per heavy atom. The number of thiazole rings is 1. The molecule has 0 radical (unpaired) electrons. The lowest BCUT2D eigenvalue weighted by molar-refractivity contribution is 0.627. The maximum atomic E-state index is 4.64. The maximum Gasteiger partial charge on any atom is 0.204 e.